The molecule has 2 heterocycles. The van der Waals surface area contributed by atoms with Crippen molar-refractivity contribution >= 4 is 33.3 Å². The number of rotatable bonds is 3. The maximum atomic E-state index is 13.4. The topological polar surface area (TPSA) is 57.6 Å². The Kier molecular flexibility index (Phi) is 3.87. The van der Waals surface area contributed by atoms with Gasteiger partial charge >= 0.3 is 5.97 Å². The van der Waals surface area contributed by atoms with Gasteiger partial charge in [-0.15, -0.1) is 11.3 Å². The molecule has 0 bridgehead atoms. The number of carboxylic acids is 1. The number of hydrogen-bond acceptors (Lipinski definition) is 3. The van der Waals surface area contributed by atoms with Gasteiger partial charge in [-0.1, -0.05) is 0 Å². The van der Waals surface area contributed by atoms with Gasteiger partial charge < -0.3 is 10.0 Å². The molecule has 1 aliphatic rings. The van der Waals surface area contributed by atoms with Crippen molar-refractivity contribution in [3.05, 3.63) is 34.5 Å². The van der Waals surface area contributed by atoms with Crippen molar-refractivity contribution in [1.29, 1.82) is 0 Å². The number of aryl methyl sites for hydroxylation is 1. The summed E-state index contributed by atoms with van der Waals surface area (Å²) in [5, 5.41) is 9.72. The summed E-state index contributed by atoms with van der Waals surface area (Å²) in [6.07, 6.45) is 1.52. The van der Waals surface area contributed by atoms with E-state index in [4.69, 9.17) is 5.11 Å². The van der Waals surface area contributed by atoms with E-state index in [9.17, 15) is 14.0 Å². The lowest BCUT2D eigenvalue weighted by Gasteiger charge is -2.23. The second-order valence-corrected chi connectivity index (χ2v) is 6.64. The number of benzene rings is 1. The molecule has 1 fully saturated rings. The van der Waals surface area contributed by atoms with Gasteiger partial charge in [0.1, 0.15) is 5.82 Å². The summed E-state index contributed by atoms with van der Waals surface area (Å²) >= 11 is 1.34. The molecular formula is C16H16FNO3S. The molecule has 22 heavy (non-hydrogen) atoms. The highest BCUT2D eigenvalue weighted by atomic mass is 32.1. The predicted molar refractivity (Wildman–Crippen MR) is 82.8 cm³/mol. The van der Waals surface area contributed by atoms with Crippen molar-refractivity contribution in [3.63, 3.8) is 0 Å². The molecule has 2 aromatic rings. The Hall–Kier alpha value is -1.95. The number of aliphatic carboxylic acids is 1. The van der Waals surface area contributed by atoms with Crippen LogP contribution in [-0.2, 0) is 4.79 Å². The van der Waals surface area contributed by atoms with Gasteiger partial charge in [-0.05, 0) is 48.9 Å². The zero-order chi connectivity index (χ0) is 15.9. The first-order chi connectivity index (χ1) is 10.5. The summed E-state index contributed by atoms with van der Waals surface area (Å²) in [6.45, 7) is 2.40. The standard InChI is InChI=1S/C16H16FNO3S/c1-9-12-7-10(17)4-5-13(12)22-15(9)16(21)18-6-2-3-11(18)8-14(19)20/h4-5,7,11H,2-3,6,8H2,1H3,(H,19,20). The Morgan fingerprint density at radius 1 is 1.45 bits per heavy atom. The third-order valence-corrected chi connectivity index (χ3v) is 5.40. The van der Waals surface area contributed by atoms with Crippen LogP contribution in [0.3, 0.4) is 0 Å². The minimum absolute atomic E-state index is 0.0235. The lowest BCUT2D eigenvalue weighted by Crippen LogP contribution is -2.36. The molecule has 1 atom stereocenters. The number of likely N-dealkylation sites (tertiary alicyclic amines) is 1. The van der Waals surface area contributed by atoms with Crippen LogP contribution in [0, 0.1) is 12.7 Å². The summed E-state index contributed by atoms with van der Waals surface area (Å²) in [5.74, 6) is -1.35. The number of thiophene rings is 1. The van der Waals surface area contributed by atoms with Crippen LogP contribution in [0.2, 0.25) is 0 Å². The molecule has 1 saturated heterocycles. The van der Waals surface area contributed by atoms with E-state index >= 15 is 0 Å². The van der Waals surface area contributed by atoms with Crippen molar-refractivity contribution < 1.29 is 19.1 Å². The smallest absolute Gasteiger partial charge is 0.305 e. The van der Waals surface area contributed by atoms with Crippen molar-refractivity contribution in [1.82, 2.24) is 4.90 Å². The van der Waals surface area contributed by atoms with Gasteiger partial charge in [0.05, 0.1) is 11.3 Å². The molecule has 1 aromatic heterocycles. The van der Waals surface area contributed by atoms with E-state index in [1.807, 2.05) is 6.92 Å². The van der Waals surface area contributed by atoms with E-state index in [2.05, 4.69) is 0 Å². The summed E-state index contributed by atoms with van der Waals surface area (Å²) < 4.78 is 14.2. The molecule has 4 nitrogen and oxygen atoms in total. The third kappa shape index (κ3) is 2.59. The summed E-state index contributed by atoms with van der Waals surface area (Å²) in [4.78, 5) is 25.9. The molecule has 1 N–H and O–H groups in total. The van der Waals surface area contributed by atoms with E-state index < -0.39 is 5.97 Å². The number of fused-ring (bicyclic) bond motifs is 1. The van der Waals surface area contributed by atoms with Crippen LogP contribution in [-0.4, -0.2) is 34.5 Å². The highest BCUT2D eigenvalue weighted by Gasteiger charge is 2.32. The molecule has 1 amide bonds. The lowest BCUT2D eigenvalue weighted by atomic mass is 10.1. The zero-order valence-electron chi connectivity index (χ0n) is 12.1. The highest BCUT2D eigenvalue weighted by Crippen LogP contribution is 2.34. The monoisotopic (exact) mass is 321 g/mol. The second-order valence-electron chi connectivity index (χ2n) is 5.59. The minimum Gasteiger partial charge on any atom is -0.481 e. The Bertz CT molecular complexity index is 755. The van der Waals surface area contributed by atoms with Crippen LogP contribution in [0.1, 0.15) is 34.5 Å². The zero-order valence-corrected chi connectivity index (χ0v) is 13.0. The molecule has 0 spiro atoms. The van der Waals surface area contributed by atoms with Gasteiger partial charge in [0.2, 0.25) is 0 Å². The molecule has 3 rings (SSSR count). The molecule has 0 saturated carbocycles. The van der Waals surface area contributed by atoms with Gasteiger partial charge in [0, 0.05) is 17.3 Å². The number of nitrogens with zero attached hydrogens (tertiary/aromatic N) is 1. The maximum Gasteiger partial charge on any atom is 0.305 e. The lowest BCUT2D eigenvalue weighted by molar-refractivity contribution is -0.137. The first kappa shape index (κ1) is 15.0. The van der Waals surface area contributed by atoms with E-state index in [0.29, 0.717) is 11.4 Å². The van der Waals surface area contributed by atoms with Gasteiger partial charge in [0.25, 0.3) is 5.91 Å². The molecule has 0 radical (unpaired) electrons. The Morgan fingerprint density at radius 3 is 2.95 bits per heavy atom. The van der Waals surface area contributed by atoms with Crippen LogP contribution in [0.25, 0.3) is 10.1 Å². The number of hydrogen-bond donors (Lipinski definition) is 1. The molecule has 6 heteroatoms. The van der Waals surface area contributed by atoms with Crippen LogP contribution in [0.15, 0.2) is 18.2 Å². The Morgan fingerprint density at radius 2 is 2.23 bits per heavy atom. The van der Waals surface area contributed by atoms with Crippen molar-refractivity contribution in [2.75, 3.05) is 6.54 Å². The van der Waals surface area contributed by atoms with Crippen LogP contribution in [0.5, 0.6) is 0 Å². The maximum absolute atomic E-state index is 13.4. The fraction of sp³-hybridized carbons (Fsp3) is 0.375. The van der Waals surface area contributed by atoms with Crippen molar-refractivity contribution in [2.45, 2.75) is 32.2 Å². The largest absolute Gasteiger partial charge is 0.481 e. The normalized spacial score (nSPS) is 18.1. The molecule has 1 aliphatic heterocycles. The first-order valence-electron chi connectivity index (χ1n) is 7.19. The van der Waals surface area contributed by atoms with Gasteiger partial charge in [-0.3, -0.25) is 9.59 Å². The number of carbonyl (C=O) groups is 2. The summed E-state index contributed by atoms with van der Waals surface area (Å²) in [5.41, 5.74) is 0.769. The van der Waals surface area contributed by atoms with Gasteiger partial charge in [-0.2, -0.15) is 0 Å². The van der Waals surface area contributed by atoms with Crippen molar-refractivity contribution in [3.8, 4) is 0 Å². The van der Waals surface area contributed by atoms with Crippen LogP contribution >= 0.6 is 11.3 Å². The molecule has 1 aromatic carbocycles. The molecule has 1 unspecified atom stereocenters. The molecule has 0 aliphatic carbocycles. The molecule has 116 valence electrons. The average Bonchev–Trinajstić information content (AvgIpc) is 3.03. The number of carbonyl (C=O) groups excluding carboxylic acids is 1. The van der Waals surface area contributed by atoms with E-state index in [1.54, 1.807) is 11.0 Å². The number of carboxylic acid groups (broad SMARTS) is 1. The number of amides is 1. The fourth-order valence-electron chi connectivity index (χ4n) is 3.04. The van der Waals surface area contributed by atoms with Gasteiger partial charge in [0.15, 0.2) is 0 Å². The quantitative estimate of drug-likeness (QED) is 0.942. The third-order valence-electron chi connectivity index (χ3n) is 4.14. The SMILES string of the molecule is Cc1c(C(=O)N2CCCC2CC(=O)O)sc2ccc(F)cc12. The van der Waals surface area contributed by atoms with Crippen LogP contribution < -0.4 is 0 Å². The molecular weight excluding hydrogens is 305 g/mol. The Labute approximate surface area is 131 Å². The van der Waals surface area contributed by atoms with Crippen LogP contribution in [0.4, 0.5) is 4.39 Å². The van der Waals surface area contributed by atoms with E-state index in [1.165, 1.54) is 23.5 Å². The second kappa shape index (κ2) is 5.68. The highest BCUT2D eigenvalue weighted by molar-refractivity contribution is 7.21. The fourth-order valence-corrected chi connectivity index (χ4v) is 4.19. The van der Waals surface area contributed by atoms with Crippen molar-refractivity contribution in [2.24, 2.45) is 0 Å². The summed E-state index contributed by atoms with van der Waals surface area (Å²) in [7, 11) is 0. The van der Waals surface area contributed by atoms with E-state index in [0.717, 1.165) is 28.5 Å². The number of halogens is 1. The average molecular weight is 321 g/mol. The van der Waals surface area contributed by atoms with Gasteiger partial charge in [-0.25, -0.2) is 4.39 Å². The first-order valence-corrected chi connectivity index (χ1v) is 8.00. The van der Waals surface area contributed by atoms with E-state index in [-0.39, 0.29) is 24.2 Å². The predicted octanol–water partition coefficient (Wildman–Crippen LogP) is 3.43. The summed E-state index contributed by atoms with van der Waals surface area (Å²) in [6, 6.07) is 4.26. The Balaban J connectivity index is 1.95. The minimum atomic E-state index is -0.889.